The Morgan fingerprint density at radius 3 is 2.50 bits per heavy atom. The van der Waals surface area contributed by atoms with Crippen molar-refractivity contribution in [2.45, 2.75) is 18.6 Å². The number of rotatable bonds is 3. The van der Waals surface area contributed by atoms with Crippen LogP contribution in [0.4, 0.5) is 0 Å². The van der Waals surface area contributed by atoms with Gasteiger partial charge in [-0.2, -0.15) is 0 Å². The van der Waals surface area contributed by atoms with Gasteiger partial charge in [0.25, 0.3) is 0 Å². The molecule has 0 saturated carbocycles. The molecule has 0 unspecified atom stereocenters. The highest BCUT2D eigenvalue weighted by Gasteiger charge is 2.27. The maximum Gasteiger partial charge on any atom is 0.135 e. The quantitative estimate of drug-likeness (QED) is 0.731. The molecule has 0 spiro atoms. The molecule has 0 bridgehead atoms. The minimum atomic E-state index is -0.0847. The lowest BCUT2D eigenvalue weighted by Gasteiger charge is -2.30. The Morgan fingerprint density at radius 2 is 1.75 bits per heavy atom. The van der Waals surface area contributed by atoms with Crippen molar-refractivity contribution in [3.63, 3.8) is 0 Å². The van der Waals surface area contributed by atoms with Crippen LogP contribution in [0.3, 0.4) is 0 Å². The summed E-state index contributed by atoms with van der Waals surface area (Å²) in [5.74, 6) is 0.328. The lowest BCUT2D eigenvalue weighted by atomic mass is 9.94. The molecule has 0 aliphatic carbocycles. The molecule has 3 aromatic rings. The van der Waals surface area contributed by atoms with Gasteiger partial charge in [-0.25, -0.2) is 0 Å². The number of phenolic OH excluding ortho intramolecular Hbond substituents is 1. The minimum Gasteiger partial charge on any atom is -0.508 e. The number of hydrogen-bond acceptors (Lipinski definition) is 4. The second-order valence-electron chi connectivity index (χ2n) is 5.84. The zero-order valence-electron chi connectivity index (χ0n) is 13.1. The van der Waals surface area contributed by atoms with Crippen LogP contribution in [0.5, 0.6) is 5.75 Å². The zero-order valence-corrected chi connectivity index (χ0v) is 13.9. The Hall–Kier alpha value is -2.43. The van der Waals surface area contributed by atoms with Crippen LogP contribution in [0.1, 0.15) is 34.6 Å². The summed E-state index contributed by atoms with van der Waals surface area (Å²) in [5.41, 5.74) is 3.13. The Kier molecular flexibility index (Phi) is 4.15. The van der Waals surface area contributed by atoms with Gasteiger partial charge in [0.2, 0.25) is 0 Å². The van der Waals surface area contributed by atoms with E-state index in [1.54, 1.807) is 17.4 Å². The number of hydrogen-bond donors (Lipinski definition) is 2. The van der Waals surface area contributed by atoms with E-state index in [0.29, 0.717) is 5.75 Å². The first kappa shape index (κ1) is 15.1. The largest absolute Gasteiger partial charge is 0.508 e. The Labute approximate surface area is 145 Å². The molecule has 2 N–H and O–H groups in total. The molecule has 1 aliphatic rings. The van der Waals surface area contributed by atoms with Crippen LogP contribution in [0.15, 0.2) is 77.1 Å². The monoisotopic (exact) mass is 334 g/mol. The second-order valence-corrected chi connectivity index (χ2v) is 6.82. The van der Waals surface area contributed by atoms with Gasteiger partial charge in [-0.3, -0.25) is 10.3 Å². The van der Waals surface area contributed by atoms with Crippen LogP contribution in [0, 0.1) is 0 Å². The van der Waals surface area contributed by atoms with Gasteiger partial charge in [-0.05, 0) is 23.1 Å². The highest BCUT2D eigenvalue weighted by molar-refractivity contribution is 7.10. The topological polar surface area (TPSA) is 44.6 Å². The van der Waals surface area contributed by atoms with Crippen LogP contribution >= 0.6 is 11.3 Å². The van der Waals surface area contributed by atoms with Gasteiger partial charge in [0, 0.05) is 28.6 Å². The third-order valence-corrected chi connectivity index (χ3v) is 5.20. The molecule has 120 valence electrons. The predicted molar refractivity (Wildman–Crippen MR) is 98.6 cm³/mol. The van der Waals surface area contributed by atoms with E-state index >= 15 is 0 Å². The first-order valence-electron chi connectivity index (χ1n) is 8.01. The lowest BCUT2D eigenvalue weighted by molar-refractivity contribution is 0.415. The second kappa shape index (κ2) is 6.59. The Bertz CT molecular complexity index is 843. The Balaban J connectivity index is 1.74. The van der Waals surface area contributed by atoms with Crippen molar-refractivity contribution in [2.24, 2.45) is 4.99 Å². The molecule has 2 aromatic carbocycles. The van der Waals surface area contributed by atoms with Crippen molar-refractivity contribution in [3.8, 4) is 5.75 Å². The summed E-state index contributed by atoms with van der Waals surface area (Å²) in [7, 11) is 0. The van der Waals surface area contributed by atoms with E-state index in [1.165, 1.54) is 4.88 Å². The van der Waals surface area contributed by atoms with Crippen molar-refractivity contribution < 1.29 is 5.11 Å². The number of para-hydroxylation sites is 1. The fourth-order valence-electron chi connectivity index (χ4n) is 3.09. The van der Waals surface area contributed by atoms with Gasteiger partial charge in [0.05, 0.1) is 0 Å². The molecule has 4 heteroatoms. The molecule has 2 atom stereocenters. The smallest absolute Gasteiger partial charge is 0.135 e. The molecule has 3 nitrogen and oxygen atoms in total. The van der Waals surface area contributed by atoms with E-state index in [9.17, 15) is 5.11 Å². The molecule has 0 radical (unpaired) electrons. The van der Waals surface area contributed by atoms with E-state index in [4.69, 9.17) is 4.99 Å². The van der Waals surface area contributed by atoms with Crippen LogP contribution < -0.4 is 5.32 Å². The number of thiophene rings is 1. The van der Waals surface area contributed by atoms with E-state index < -0.39 is 0 Å². The third kappa shape index (κ3) is 2.98. The van der Waals surface area contributed by atoms with E-state index in [0.717, 1.165) is 23.3 Å². The molecule has 0 fully saturated rings. The first-order valence-corrected chi connectivity index (χ1v) is 8.88. The summed E-state index contributed by atoms with van der Waals surface area (Å²) in [6.45, 7) is 0. The minimum absolute atomic E-state index is 0.0333. The van der Waals surface area contributed by atoms with Gasteiger partial charge >= 0.3 is 0 Å². The number of aliphatic imine (C=N–C) groups is 1. The van der Waals surface area contributed by atoms with Crippen LogP contribution in [-0.2, 0) is 0 Å². The number of nitrogens with one attached hydrogen (secondary N) is 1. The van der Waals surface area contributed by atoms with Gasteiger partial charge < -0.3 is 5.11 Å². The van der Waals surface area contributed by atoms with E-state index in [2.05, 4.69) is 28.9 Å². The highest BCUT2D eigenvalue weighted by atomic mass is 32.1. The molecule has 0 amide bonds. The summed E-state index contributed by atoms with van der Waals surface area (Å²) in [4.78, 5) is 6.12. The van der Waals surface area contributed by atoms with Crippen molar-refractivity contribution in [1.82, 2.24) is 5.32 Å². The highest BCUT2D eigenvalue weighted by Crippen LogP contribution is 2.35. The maximum atomic E-state index is 10.3. The van der Waals surface area contributed by atoms with Crippen molar-refractivity contribution in [1.29, 1.82) is 0 Å². The summed E-state index contributed by atoms with van der Waals surface area (Å²) in [5, 5.41) is 15.9. The van der Waals surface area contributed by atoms with Crippen molar-refractivity contribution >= 4 is 17.0 Å². The maximum absolute atomic E-state index is 10.3. The van der Waals surface area contributed by atoms with E-state index in [1.807, 2.05) is 42.5 Å². The molecule has 4 rings (SSSR count). The molecular weight excluding hydrogens is 316 g/mol. The van der Waals surface area contributed by atoms with Gasteiger partial charge in [-0.15, -0.1) is 11.3 Å². The fourth-order valence-corrected chi connectivity index (χ4v) is 3.81. The molecular formula is C20H18N2OS. The Morgan fingerprint density at radius 1 is 0.958 bits per heavy atom. The molecule has 1 aliphatic heterocycles. The van der Waals surface area contributed by atoms with Crippen LogP contribution in [-0.4, -0.2) is 10.8 Å². The summed E-state index contributed by atoms with van der Waals surface area (Å²) >= 11 is 1.70. The van der Waals surface area contributed by atoms with Crippen molar-refractivity contribution in [2.75, 3.05) is 0 Å². The standard InChI is InChI=1S/C20H18N2OS/c23-18-10-5-4-9-15(18)17-13-16(14-7-2-1-3-8-14)21-20(22-17)19-11-6-12-24-19/h1-12,17,20,22-23H,13H2/t17-,20+/m1/s1. The zero-order chi connectivity index (χ0) is 16.4. The molecule has 2 heterocycles. The normalized spacial score (nSPS) is 20.6. The lowest BCUT2D eigenvalue weighted by Crippen LogP contribution is -2.32. The average Bonchev–Trinajstić information content (AvgIpc) is 3.17. The summed E-state index contributed by atoms with van der Waals surface area (Å²) in [6.07, 6.45) is 0.669. The van der Waals surface area contributed by atoms with Crippen molar-refractivity contribution in [3.05, 3.63) is 88.1 Å². The first-order chi connectivity index (χ1) is 11.8. The number of phenols is 1. The summed E-state index contributed by atoms with van der Waals surface area (Å²) in [6, 6.07) is 22.0. The SMILES string of the molecule is Oc1ccccc1[C@H]1CC(c2ccccc2)=N[C@H](c2cccs2)N1. The van der Waals surface area contributed by atoms with Crippen LogP contribution in [0.2, 0.25) is 0 Å². The summed E-state index contributed by atoms with van der Waals surface area (Å²) < 4.78 is 0. The molecule has 0 saturated heterocycles. The van der Waals surface area contributed by atoms with Crippen LogP contribution in [0.25, 0.3) is 0 Å². The number of aromatic hydroxyl groups is 1. The number of benzene rings is 2. The van der Waals surface area contributed by atoms with Gasteiger partial charge in [0.1, 0.15) is 11.9 Å². The third-order valence-electron chi connectivity index (χ3n) is 4.27. The van der Waals surface area contributed by atoms with Gasteiger partial charge in [0.15, 0.2) is 0 Å². The van der Waals surface area contributed by atoms with E-state index in [-0.39, 0.29) is 12.2 Å². The fraction of sp³-hybridized carbons (Fsp3) is 0.150. The molecule has 24 heavy (non-hydrogen) atoms. The predicted octanol–water partition coefficient (Wildman–Crippen LogP) is 4.68. The molecule has 1 aromatic heterocycles. The van der Waals surface area contributed by atoms with Gasteiger partial charge in [-0.1, -0.05) is 54.6 Å². The average molecular weight is 334 g/mol. The number of nitrogens with zero attached hydrogens (tertiary/aromatic N) is 1.